The van der Waals surface area contributed by atoms with Gasteiger partial charge < -0.3 is 9.84 Å². The van der Waals surface area contributed by atoms with E-state index in [1.54, 1.807) is 30.3 Å². The first-order valence-electron chi connectivity index (χ1n) is 8.62. The Labute approximate surface area is 180 Å². The fourth-order valence-electron chi connectivity index (χ4n) is 2.56. The zero-order valence-electron chi connectivity index (χ0n) is 15.5. The Morgan fingerprint density at radius 1 is 0.968 bits per heavy atom. The third kappa shape index (κ3) is 4.22. The number of carboxylic acids is 1. The quantitative estimate of drug-likeness (QED) is 0.432. The van der Waals surface area contributed by atoms with Crippen molar-refractivity contribution in [1.82, 2.24) is 20.2 Å². The second-order valence-corrected chi connectivity index (χ2v) is 8.40. The zero-order chi connectivity index (χ0) is 22.0. The van der Waals surface area contributed by atoms with E-state index in [9.17, 15) is 13.2 Å². The topological polar surface area (TPSA) is 135 Å². The molecule has 0 saturated carbocycles. The highest BCUT2D eigenvalue weighted by molar-refractivity contribution is 7.94. The summed E-state index contributed by atoms with van der Waals surface area (Å²) in [7, 11) is -4.07. The molecule has 0 fully saturated rings. The van der Waals surface area contributed by atoms with E-state index >= 15 is 0 Å². The van der Waals surface area contributed by atoms with E-state index in [1.807, 2.05) is 0 Å². The number of ether oxygens (including phenoxy) is 1. The Kier molecular flexibility index (Phi) is 5.36. The maximum atomic E-state index is 12.6. The Bertz CT molecular complexity index is 1390. The van der Waals surface area contributed by atoms with Crippen molar-refractivity contribution in [3.05, 3.63) is 72.6 Å². The number of aromatic carboxylic acids is 1. The number of halogens is 1. The van der Waals surface area contributed by atoms with Crippen LogP contribution in [0, 0.1) is 0 Å². The summed E-state index contributed by atoms with van der Waals surface area (Å²) in [5, 5.41) is 16.8. The Morgan fingerprint density at radius 3 is 2.45 bits per heavy atom. The number of rotatable bonds is 6. The number of carbonyl (C=O) groups is 1. The van der Waals surface area contributed by atoms with Crippen molar-refractivity contribution in [1.29, 1.82) is 0 Å². The maximum Gasteiger partial charge on any atom is 0.354 e. The molecule has 0 radical (unpaired) electrons. The average Bonchev–Trinajstić information content (AvgIpc) is 2.79. The van der Waals surface area contributed by atoms with Crippen LogP contribution in [0.25, 0.3) is 11.0 Å². The second kappa shape index (κ2) is 8.13. The van der Waals surface area contributed by atoms with Crippen LogP contribution in [0.1, 0.15) is 10.5 Å². The van der Waals surface area contributed by atoms with E-state index < -0.39 is 16.0 Å². The lowest BCUT2D eigenvalue weighted by Gasteiger charge is -2.14. The van der Waals surface area contributed by atoms with Crippen LogP contribution >= 0.6 is 11.8 Å². The summed E-state index contributed by atoms with van der Waals surface area (Å²) in [6.07, 6.45) is 1.32. The molecule has 2 aromatic carbocycles. The molecule has 0 aliphatic rings. The zero-order valence-corrected chi connectivity index (χ0v) is 17.0. The molecule has 0 atom stereocenters. The predicted octanol–water partition coefficient (Wildman–Crippen LogP) is 3.26. The van der Waals surface area contributed by atoms with Crippen molar-refractivity contribution in [3.8, 4) is 11.5 Å². The number of nitrogens with zero attached hydrogens (tertiary/aromatic N) is 5. The molecule has 1 N–H and O–H groups in total. The minimum atomic E-state index is -4.07. The van der Waals surface area contributed by atoms with Gasteiger partial charge in [0.2, 0.25) is 0 Å². The van der Waals surface area contributed by atoms with Gasteiger partial charge in [-0.3, -0.25) is 0 Å². The van der Waals surface area contributed by atoms with Gasteiger partial charge in [0.25, 0.3) is 16.0 Å². The van der Waals surface area contributed by atoms with Crippen molar-refractivity contribution in [3.63, 3.8) is 0 Å². The SMILES string of the molecule is O=C(O)c1cc(Oc2ccc3nc(N(Cl)S(=O)(=O)c4ccccc4)nnc3c2)ccn1. The lowest BCUT2D eigenvalue weighted by molar-refractivity contribution is 0.0690. The summed E-state index contributed by atoms with van der Waals surface area (Å²) in [6, 6.07) is 15.0. The van der Waals surface area contributed by atoms with Crippen molar-refractivity contribution in [2.45, 2.75) is 4.90 Å². The molecule has 4 rings (SSSR count). The smallest absolute Gasteiger partial charge is 0.354 e. The van der Waals surface area contributed by atoms with Gasteiger partial charge >= 0.3 is 5.97 Å². The molecule has 12 heteroatoms. The van der Waals surface area contributed by atoms with E-state index in [1.165, 1.54) is 36.5 Å². The maximum absolute atomic E-state index is 12.6. The van der Waals surface area contributed by atoms with Crippen LogP contribution < -0.4 is 8.56 Å². The van der Waals surface area contributed by atoms with E-state index in [0.717, 1.165) is 0 Å². The number of hydrogen-bond donors (Lipinski definition) is 1. The van der Waals surface area contributed by atoms with Gasteiger partial charge in [-0.15, -0.1) is 14.0 Å². The highest BCUT2D eigenvalue weighted by Crippen LogP contribution is 2.27. The van der Waals surface area contributed by atoms with E-state index in [4.69, 9.17) is 21.6 Å². The molecule has 2 aromatic heterocycles. The minimum absolute atomic E-state index is 0.0180. The molecule has 0 aliphatic heterocycles. The number of pyridine rings is 1. The number of sulfonamides is 1. The average molecular weight is 458 g/mol. The van der Waals surface area contributed by atoms with Gasteiger partial charge in [-0.05, 0) is 30.3 Å². The van der Waals surface area contributed by atoms with Gasteiger partial charge in [0.05, 0.1) is 10.4 Å². The summed E-state index contributed by atoms with van der Waals surface area (Å²) in [4.78, 5) is 18.9. The first kappa shape index (κ1) is 20.4. The van der Waals surface area contributed by atoms with Crippen LogP contribution in [0.4, 0.5) is 5.95 Å². The van der Waals surface area contributed by atoms with E-state index in [-0.39, 0.29) is 22.3 Å². The first-order chi connectivity index (χ1) is 14.8. The number of anilines is 1. The van der Waals surface area contributed by atoms with Gasteiger partial charge in [-0.1, -0.05) is 18.2 Å². The van der Waals surface area contributed by atoms with Gasteiger partial charge in [0.1, 0.15) is 17.0 Å². The highest BCUT2D eigenvalue weighted by Gasteiger charge is 2.26. The van der Waals surface area contributed by atoms with Crippen molar-refractivity contribution in [2.75, 3.05) is 3.82 Å². The van der Waals surface area contributed by atoms with Crippen LogP contribution in [-0.2, 0) is 10.0 Å². The molecule has 0 unspecified atom stereocenters. The molecule has 4 aromatic rings. The molecule has 0 spiro atoms. The van der Waals surface area contributed by atoms with Crippen LogP contribution in [0.2, 0.25) is 0 Å². The fourth-order valence-corrected chi connectivity index (χ4v) is 3.85. The van der Waals surface area contributed by atoms with Crippen LogP contribution in [0.15, 0.2) is 71.8 Å². The lowest BCUT2D eigenvalue weighted by atomic mass is 10.3. The van der Waals surface area contributed by atoms with Crippen molar-refractivity contribution >= 4 is 44.8 Å². The predicted molar refractivity (Wildman–Crippen MR) is 111 cm³/mol. The van der Waals surface area contributed by atoms with Gasteiger partial charge in [0, 0.05) is 30.1 Å². The molecule has 0 saturated heterocycles. The highest BCUT2D eigenvalue weighted by atomic mass is 35.5. The standard InChI is InChI=1S/C19H12ClN5O5S/c20-25(31(28,29)14-4-2-1-3-5-14)19-22-15-7-6-12(10-16(15)23-24-19)30-13-8-9-21-17(11-13)18(26)27/h1-11H,(H,26,27). The normalized spacial score (nSPS) is 11.3. The molecule has 10 nitrogen and oxygen atoms in total. The van der Waals surface area contributed by atoms with Gasteiger partial charge in [-0.2, -0.15) is 8.42 Å². The largest absolute Gasteiger partial charge is 0.477 e. The first-order valence-corrected chi connectivity index (χ1v) is 10.4. The molecule has 2 heterocycles. The third-order valence-corrected chi connectivity index (χ3v) is 6.16. The second-order valence-electron chi connectivity index (χ2n) is 6.08. The summed E-state index contributed by atoms with van der Waals surface area (Å²) in [5.41, 5.74) is 0.481. The van der Waals surface area contributed by atoms with Gasteiger partial charge in [-0.25, -0.2) is 14.8 Å². The monoisotopic (exact) mass is 457 g/mol. The number of hydrogen-bond acceptors (Lipinski definition) is 8. The molecule has 0 amide bonds. The lowest BCUT2D eigenvalue weighted by Crippen LogP contribution is -2.23. The summed E-state index contributed by atoms with van der Waals surface area (Å²) < 4.78 is 31.3. The summed E-state index contributed by atoms with van der Waals surface area (Å²) in [6.45, 7) is 0. The molecule has 156 valence electrons. The number of aromatic nitrogens is 4. The molecule has 0 aliphatic carbocycles. The van der Waals surface area contributed by atoms with E-state index in [0.29, 0.717) is 20.6 Å². The summed E-state index contributed by atoms with van der Waals surface area (Å²) in [5.74, 6) is -0.877. The molecule has 31 heavy (non-hydrogen) atoms. The summed E-state index contributed by atoms with van der Waals surface area (Å²) >= 11 is 6.01. The third-order valence-electron chi connectivity index (χ3n) is 4.01. The van der Waals surface area contributed by atoms with Crippen molar-refractivity contribution in [2.24, 2.45) is 0 Å². The number of fused-ring (bicyclic) bond motifs is 1. The van der Waals surface area contributed by atoms with Gasteiger partial charge in [0.15, 0.2) is 5.69 Å². The van der Waals surface area contributed by atoms with Crippen LogP contribution in [0.3, 0.4) is 0 Å². The number of benzene rings is 2. The van der Waals surface area contributed by atoms with Crippen LogP contribution in [-0.4, -0.2) is 39.7 Å². The fraction of sp³-hybridized carbons (Fsp3) is 0. The molecular weight excluding hydrogens is 446 g/mol. The molecular formula is C19H12ClN5O5S. The minimum Gasteiger partial charge on any atom is -0.477 e. The molecule has 0 bridgehead atoms. The Morgan fingerprint density at radius 2 is 1.71 bits per heavy atom. The van der Waals surface area contributed by atoms with Crippen molar-refractivity contribution < 1.29 is 23.1 Å². The number of carboxylic acid groups (broad SMARTS) is 1. The Hall–Kier alpha value is -3.83. The Balaban J connectivity index is 1.61. The van der Waals surface area contributed by atoms with Crippen LogP contribution in [0.5, 0.6) is 11.5 Å². The van der Waals surface area contributed by atoms with E-state index in [2.05, 4.69) is 20.2 Å².